The van der Waals surface area contributed by atoms with Crippen LogP contribution in [0.5, 0.6) is 0 Å². The van der Waals surface area contributed by atoms with Crippen molar-refractivity contribution in [3.63, 3.8) is 0 Å². The molecule has 0 spiro atoms. The minimum atomic E-state index is -1.53. The zero-order valence-corrected chi connectivity index (χ0v) is 18.5. The van der Waals surface area contributed by atoms with E-state index in [1.165, 1.54) is 27.3 Å². The first-order valence-electron chi connectivity index (χ1n) is 7.99. The minimum absolute atomic E-state index is 0.359. The van der Waals surface area contributed by atoms with Gasteiger partial charge in [0, 0.05) is 0 Å². The summed E-state index contributed by atoms with van der Waals surface area (Å²) in [6.07, 6.45) is 0. The molecule has 0 N–H and O–H groups in total. The number of rotatable bonds is 4. The Kier molecular flexibility index (Phi) is 5.66. The molecule has 3 aromatic rings. The summed E-state index contributed by atoms with van der Waals surface area (Å²) in [4.78, 5) is 0. The van der Waals surface area contributed by atoms with Crippen LogP contribution in [0.25, 0.3) is 0 Å². The summed E-state index contributed by atoms with van der Waals surface area (Å²) in [5, 5.41) is 2.91. The van der Waals surface area contributed by atoms with E-state index in [1.54, 1.807) is 4.46 Å². The van der Waals surface area contributed by atoms with Gasteiger partial charge in [-0.05, 0) is 0 Å². The second-order valence-electron chi connectivity index (χ2n) is 6.04. The molecular weight excluding hydrogens is 441 g/mol. The fraction of sp³-hybridized carbons (Fsp3) is 0.143. The van der Waals surface area contributed by atoms with Gasteiger partial charge >= 0.3 is 159 Å². The summed E-state index contributed by atoms with van der Waals surface area (Å²) in [7, 11) is 0. The third kappa shape index (κ3) is 3.70. The molecule has 0 atom stereocenters. The van der Waals surface area contributed by atoms with Gasteiger partial charge in [0.05, 0.1) is 0 Å². The van der Waals surface area contributed by atoms with E-state index in [0.29, 0.717) is 14.5 Å². The van der Waals surface area contributed by atoms with E-state index in [-0.39, 0.29) is 0 Å². The van der Waals surface area contributed by atoms with Crippen molar-refractivity contribution in [2.24, 2.45) is 0 Å². The number of hydrogen-bond donors (Lipinski definition) is 0. The van der Waals surface area contributed by atoms with Crippen molar-refractivity contribution in [1.29, 1.82) is 0 Å². The van der Waals surface area contributed by atoms with Crippen molar-refractivity contribution in [1.82, 2.24) is 0 Å². The fourth-order valence-electron chi connectivity index (χ4n) is 2.94. The van der Waals surface area contributed by atoms with Crippen molar-refractivity contribution >= 4 is 48.9 Å². The molecule has 0 aromatic heterocycles. The van der Waals surface area contributed by atoms with E-state index >= 15 is 0 Å². The summed E-state index contributed by atoms with van der Waals surface area (Å²) in [6.45, 7) is 6.71. The van der Waals surface area contributed by atoms with Crippen molar-refractivity contribution in [2.75, 3.05) is 0 Å². The molecule has 0 radical (unpaired) electrons. The molecule has 3 heteroatoms. The van der Waals surface area contributed by atoms with Gasteiger partial charge in [-0.25, -0.2) is 0 Å². The molecule has 0 nitrogen and oxygen atoms in total. The van der Waals surface area contributed by atoms with Crippen LogP contribution in [0.1, 0.15) is 16.7 Å². The summed E-state index contributed by atoms with van der Waals surface area (Å²) >= 11 is 4.04. The first-order chi connectivity index (χ1) is 11.5. The molecule has 122 valence electrons. The predicted molar refractivity (Wildman–Crippen MR) is 111 cm³/mol. The van der Waals surface area contributed by atoms with E-state index < -0.39 is 4.20 Å². The maximum atomic E-state index is 3.68. The average Bonchev–Trinajstić information content (AvgIpc) is 2.59. The Hall–Kier alpha value is -0.871. The molecule has 0 heterocycles. The van der Waals surface area contributed by atoms with Crippen LogP contribution < -0.4 is 15.1 Å². The van der Waals surface area contributed by atoms with Crippen molar-refractivity contribution in [2.45, 2.75) is 20.8 Å². The first-order valence-corrected chi connectivity index (χ1v) is 15.1. The number of aryl methyl sites for hydroxylation is 3. The van der Waals surface area contributed by atoms with Gasteiger partial charge in [-0.2, -0.15) is 0 Å². The van der Waals surface area contributed by atoms with Crippen LogP contribution in [0, 0.1) is 20.8 Å². The SMILES string of the molecule is Cc1cc(C)c([Se]P(=[Se])(c2ccccc2)c2ccccc2)c(C)c1. The summed E-state index contributed by atoms with van der Waals surface area (Å²) < 4.78 is 0.0215. The van der Waals surface area contributed by atoms with Crippen LogP contribution in [0.3, 0.4) is 0 Å². The van der Waals surface area contributed by atoms with Crippen molar-refractivity contribution in [3.8, 4) is 0 Å². The zero-order chi connectivity index (χ0) is 17.2. The van der Waals surface area contributed by atoms with Gasteiger partial charge in [0.15, 0.2) is 0 Å². The Labute approximate surface area is 158 Å². The van der Waals surface area contributed by atoms with Gasteiger partial charge in [0.2, 0.25) is 0 Å². The molecule has 0 saturated carbocycles. The van der Waals surface area contributed by atoms with Crippen LogP contribution in [-0.2, 0) is 0 Å². The summed E-state index contributed by atoms with van der Waals surface area (Å²) in [5.41, 5.74) is 4.21. The monoisotopic (exact) mass is 464 g/mol. The van der Waals surface area contributed by atoms with Crippen LogP contribution in [0.2, 0.25) is 0 Å². The zero-order valence-electron chi connectivity index (χ0n) is 14.2. The molecule has 24 heavy (non-hydrogen) atoms. The molecule has 0 aliphatic carbocycles. The van der Waals surface area contributed by atoms with Gasteiger partial charge < -0.3 is 0 Å². The normalized spacial score (nSPS) is 11.5. The average molecular weight is 462 g/mol. The second-order valence-corrected chi connectivity index (χ2v) is 20.8. The van der Waals surface area contributed by atoms with Crippen LogP contribution >= 0.6 is 4.20 Å². The molecule has 0 aliphatic rings. The molecule has 0 saturated heterocycles. The molecule has 3 aromatic carbocycles. The molecule has 0 aliphatic heterocycles. The Balaban J connectivity index is 2.16. The van der Waals surface area contributed by atoms with Crippen LogP contribution in [0.4, 0.5) is 0 Å². The summed E-state index contributed by atoms with van der Waals surface area (Å²) in [6, 6.07) is 26.7. The maximum absolute atomic E-state index is 3.68. The Morgan fingerprint density at radius 3 is 1.54 bits per heavy atom. The van der Waals surface area contributed by atoms with Gasteiger partial charge in [-0.3, -0.25) is 0 Å². The number of benzene rings is 3. The summed E-state index contributed by atoms with van der Waals surface area (Å²) in [5.74, 6) is 0. The van der Waals surface area contributed by atoms with Gasteiger partial charge in [-0.1, -0.05) is 0 Å². The molecule has 0 amide bonds. The molecule has 0 bridgehead atoms. The van der Waals surface area contributed by atoms with Gasteiger partial charge in [0.25, 0.3) is 0 Å². The molecule has 0 unspecified atom stereocenters. The van der Waals surface area contributed by atoms with Gasteiger partial charge in [0.1, 0.15) is 0 Å². The van der Waals surface area contributed by atoms with Crippen molar-refractivity contribution in [3.05, 3.63) is 89.5 Å². The molecular formula is C21H21PSe2. The third-order valence-electron chi connectivity index (χ3n) is 4.02. The van der Waals surface area contributed by atoms with E-state index in [9.17, 15) is 0 Å². The topological polar surface area (TPSA) is 0 Å². The van der Waals surface area contributed by atoms with Crippen LogP contribution in [0.15, 0.2) is 72.8 Å². The van der Waals surface area contributed by atoms with E-state index in [2.05, 4.69) is 109 Å². The van der Waals surface area contributed by atoms with Crippen molar-refractivity contribution < 1.29 is 0 Å². The molecule has 0 fully saturated rings. The standard InChI is InChI=1S/C21H21PSe2/c1-16-14-17(2)21(18(3)15-16)24-22(23,19-10-6-4-7-11-19)20-12-8-5-9-13-20/h4-15H,1-3H3. The fourth-order valence-corrected chi connectivity index (χ4v) is 15.6. The van der Waals surface area contributed by atoms with E-state index in [4.69, 9.17) is 0 Å². The second kappa shape index (κ2) is 7.57. The predicted octanol–water partition coefficient (Wildman–Crippen LogP) is 3.61. The van der Waals surface area contributed by atoms with Gasteiger partial charge in [-0.15, -0.1) is 0 Å². The number of hydrogen-bond acceptors (Lipinski definition) is 0. The van der Waals surface area contributed by atoms with Crippen LogP contribution in [-0.4, -0.2) is 29.6 Å². The van der Waals surface area contributed by atoms with E-state index in [1.807, 2.05) is 0 Å². The quantitative estimate of drug-likeness (QED) is 0.411. The Bertz CT molecular complexity index is 820. The Morgan fingerprint density at radius 2 is 1.12 bits per heavy atom. The Morgan fingerprint density at radius 1 is 0.708 bits per heavy atom. The first kappa shape index (κ1) is 17.9. The van der Waals surface area contributed by atoms with E-state index in [0.717, 1.165) is 0 Å². The third-order valence-corrected chi connectivity index (χ3v) is 18.3. The molecule has 3 rings (SSSR count).